The van der Waals surface area contributed by atoms with Crippen molar-refractivity contribution in [2.45, 2.75) is 57.3 Å². The molecule has 5 heteroatoms. The van der Waals surface area contributed by atoms with Crippen LogP contribution in [0.15, 0.2) is 24.3 Å². The lowest BCUT2D eigenvalue weighted by atomic mass is 10.1. The number of hydrogen-bond acceptors (Lipinski definition) is 4. The van der Waals surface area contributed by atoms with Gasteiger partial charge in [-0.25, -0.2) is 0 Å². The van der Waals surface area contributed by atoms with E-state index in [1.807, 2.05) is 31.2 Å². The van der Waals surface area contributed by atoms with E-state index in [1.54, 1.807) is 0 Å². The van der Waals surface area contributed by atoms with E-state index in [1.165, 1.54) is 24.0 Å². The number of likely N-dealkylation sites (N-methyl/N-ethyl adjacent to an activating group) is 1. The topological polar surface area (TPSA) is 44.8 Å². The Morgan fingerprint density at radius 3 is 2.85 bits per heavy atom. The summed E-state index contributed by atoms with van der Waals surface area (Å²) in [6.07, 6.45) is 5.12. The van der Waals surface area contributed by atoms with Gasteiger partial charge in [0.2, 0.25) is 5.91 Å². The molecule has 144 valence electrons. The monoisotopic (exact) mass is 359 g/mol. The number of likely N-dealkylation sites (tertiary alicyclic amines) is 1. The van der Waals surface area contributed by atoms with E-state index in [9.17, 15) is 4.79 Å². The van der Waals surface area contributed by atoms with Gasteiger partial charge in [0.15, 0.2) is 0 Å². The van der Waals surface area contributed by atoms with Crippen LogP contribution in [0.25, 0.3) is 0 Å². The summed E-state index contributed by atoms with van der Waals surface area (Å²) in [7, 11) is 3.70. The van der Waals surface area contributed by atoms with Crippen LogP contribution in [0, 0.1) is 6.92 Å². The first-order chi connectivity index (χ1) is 12.6. The van der Waals surface area contributed by atoms with Crippen molar-refractivity contribution >= 4 is 5.91 Å². The van der Waals surface area contributed by atoms with E-state index >= 15 is 0 Å². The quantitative estimate of drug-likeness (QED) is 0.811. The van der Waals surface area contributed by atoms with Crippen molar-refractivity contribution in [3.8, 4) is 0 Å². The van der Waals surface area contributed by atoms with Crippen molar-refractivity contribution < 1.29 is 9.53 Å². The highest BCUT2D eigenvalue weighted by atomic mass is 16.5. The summed E-state index contributed by atoms with van der Waals surface area (Å²) < 4.78 is 5.51. The second kappa shape index (κ2) is 8.98. The van der Waals surface area contributed by atoms with E-state index in [4.69, 9.17) is 4.74 Å². The number of benzene rings is 1. The third-order valence-electron chi connectivity index (χ3n) is 6.07. The highest BCUT2D eigenvalue weighted by Gasteiger charge is 2.36. The van der Waals surface area contributed by atoms with Gasteiger partial charge < -0.3 is 15.0 Å². The van der Waals surface area contributed by atoms with Crippen LogP contribution in [0.4, 0.5) is 0 Å². The smallest absolute Gasteiger partial charge is 0.236 e. The fourth-order valence-corrected chi connectivity index (χ4v) is 4.35. The van der Waals surface area contributed by atoms with E-state index in [0.717, 1.165) is 25.9 Å². The number of carbonyl (C=O) groups is 1. The van der Waals surface area contributed by atoms with Gasteiger partial charge in [-0.15, -0.1) is 0 Å². The molecule has 3 atom stereocenters. The summed E-state index contributed by atoms with van der Waals surface area (Å²) in [5.41, 5.74) is 2.45. The molecule has 1 aliphatic heterocycles. The molecule has 1 saturated heterocycles. The highest BCUT2D eigenvalue weighted by molar-refractivity contribution is 5.78. The average molecular weight is 360 g/mol. The minimum Gasteiger partial charge on any atom is -0.380 e. The van der Waals surface area contributed by atoms with E-state index in [2.05, 4.69) is 29.3 Å². The predicted molar refractivity (Wildman–Crippen MR) is 104 cm³/mol. The molecule has 0 spiro atoms. The second-order valence-corrected chi connectivity index (χ2v) is 7.80. The van der Waals surface area contributed by atoms with Crippen LogP contribution < -0.4 is 5.32 Å². The van der Waals surface area contributed by atoms with Crippen LogP contribution in [0.5, 0.6) is 0 Å². The van der Waals surface area contributed by atoms with Gasteiger partial charge in [0.1, 0.15) is 0 Å². The van der Waals surface area contributed by atoms with E-state index in [-0.39, 0.29) is 5.91 Å². The molecule has 1 aromatic rings. The predicted octanol–water partition coefficient (Wildman–Crippen LogP) is 2.18. The molecule has 3 rings (SSSR count). The van der Waals surface area contributed by atoms with Gasteiger partial charge >= 0.3 is 0 Å². The van der Waals surface area contributed by atoms with Crippen LogP contribution in [0.3, 0.4) is 0 Å². The first kappa shape index (κ1) is 19.3. The number of rotatable bonds is 7. The molecular formula is C21H33N3O2. The van der Waals surface area contributed by atoms with Crippen molar-refractivity contribution in [2.75, 3.05) is 33.8 Å². The zero-order valence-electron chi connectivity index (χ0n) is 16.4. The summed E-state index contributed by atoms with van der Waals surface area (Å²) in [6, 6.07) is 9.23. The molecule has 1 unspecified atom stereocenters. The maximum absolute atomic E-state index is 12.6. The Hall–Kier alpha value is -1.43. The number of aryl methyl sites for hydroxylation is 1. The second-order valence-electron chi connectivity index (χ2n) is 7.80. The molecule has 1 heterocycles. The number of nitrogens with zero attached hydrogens (tertiary/aromatic N) is 2. The molecule has 0 aromatic heterocycles. The lowest BCUT2D eigenvalue weighted by Gasteiger charge is -2.30. The number of amides is 1. The van der Waals surface area contributed by atoms with Crippen LogP contribution in [-0.2, 0) is 16.1 Å². The fourth-order valence-electron chi connectivity index (χ4n) is 4.35. The number of ether oxygens (including phenoxy) is 1. The lowest BCUT2D eigenvalue weighted by Crippen LogP contribution is -2.49. The number of nitrogens with one attached hydrogen (secondary N) is 1. The standard InChI is InChI=1S/C21H33N3O2/c1-16-7-4-5-8-17(16)14-23(2)21(25)13-22-19-9-6-10-20(19)24-12-11-18(15-24)26-3/h4-5,7-8,18-20,22H,6,9-15H2,1-3H3/t18?,19-,20+/m1/s1. The van der Waals surface area contributed by atoms with Gasteiger partial charge in [-0.1, -0.05) is 30.7 Å². The molecule has 1 aromatic carbocycles. The first-order valence-corrected chi connectivity index (χ1v) is 9.87. The Kier molecular flexibility index (Phi) is 6.68. The fraction of sp³-hybridized carbons (Fsp3) is 0.667. The first-order valence-electron chi connectivity index (χ1n) is 9.87. The molecule has 0 radical (unpaired) electrons. The minimum atomic E-state index is 0.162. The molecule has 1 amide bonds. The van der Waals surface area contributed by atoms with Crippen molar-refractivity contribution in [3.05, 3.63) is 35.4 Å². The third kappa shape index (κ3) is 4.64. The van der Waals surface area contributed by atoms with Crippen LogP contribution in [0.2, 0.25) is 0 Å². The van der Waals surface area contributed by atoms with Crippen LogP contribution in [0.1, 0.15) is 36.8 Å². The number of carbonyl (C=O) groups excluding carboxylic acids is 1. The van der Waals surface area contributed by atoms with Crippen molar-refractivity contribution in [1.82, 2.24) is 15.1 Å². The molecule has 0 bridgehead atoms. The molecule has 5 nitrogen and oxygen atoms in total. The van der Waals surface area contributed by atoms with Gasteiger partial charge in [-0.3, -0.25) is 9.69 Å². The van der Waals surface area contributed by atoms with Gasteiger partial charge in [0, 0.05) is 45.9 Å². The van der Waals surface area contributed by atoms with Crippen LogP contribution in [-0.4, -0.2) is 67.7 Å². The summed E-state index contributed by atoms with van der Waals surface area (Å²) in [6.45, 7) is 5.33. The zero-order valence-corrected chi connectivity index (χ0v) is 16.4. The minimum absolute atomic E-state index is 0.162. The normalized spacial score (nSPS) is 26.3. The molecule has 2 fully saturated rings. The SMILES string of the molecule is COC1CCN([C@H]2CCC[C@H]2NCC(=O)N(C)Cc2ccccc2C)C1. The Balaban J connectivity index is 1.48. The van der Waals surface area contributed by atoms with Gasteiger partial charge in [0.25, 0.3) is 0 Å². The number of methoxy groups -OCH3 is 1. The molecular weight excluding hydrogens is 326 g/mol. The zero-order chi connectivity index (χ0) is 18.5. The van der Waals surface area contributed by atoms with Crippen molar-refractivity contribution in [1.29, 1.82) is 0 Å². The average Bonchev–Trinajstić information content (AvgIpc) is 3.30. The van der Waals surface area contributed by atoms with Gasteiger partial charge in [-0.05, 0) is 37.3 Å². The molecule has 2 aliphatic rings. The molecule has 1 saturated carbocycles. The summed E-state index contributed by atoms with van der Waals surface area (Å²) >= 11 is 0. The Bertz CT molecular complexity index is 607. The molecule has 1 aliphatic carbocycles. The highest BCUT2D eigenvalue weighted by Crippen LogP contribution is 2.27. The number of hydrogen-bond donors (Lipinski definition) is 1. The molecule has 26 heavy (non-hydrogen) atoms. The Morgan fingerprint density at radius 1 is 1.31 bits per heavy atom. The maximum atomic E-state index is 12.6. The maximum Gasteiger partial charge on any atom is 0.236 e. The lowest BCUT2D eigenvalue weighted by molar-refractivity contribution is -0.129. The molecule has 1 N–H and O–H groups in total. The summed E-state index contributed by atoms with van der Waals surface area (Å²) in [4.78, 5) is 17.0. The van der Waals surface area contributed by atoms with Crippen molar-refractivity contribution in [2.24, 2.45) is 0 Å². The summed E-state index contributed by atoms with van der Waals surface area (Å²) in [5.74, 6) is 0.162. The van der Waals surface area contributed by atoms with Gasteiger partial charge in [0.05, 0.1) is 12.6 Å². The third-order valence-corrected chi connectivity index (χ3v) is 6.07. The van der Waals surface area contributed by atoms with Crippen molar-refractivity contribution in [3.63, 3.8) is 0 Å². The van der Waals surface area contributed by atoms with Crippen LogP contribution >= 0.6 is 0 Å². The largest absolute Gasteiger partial charge is 0.380 e. The van der Waals surface area contributed by atoms with E-state index in [0.29, 0.717) is 31.3 Å². The summed E-state index contributed by atoms with van der Waals surface area (Å²) in [5, 5.41) is 3.55. The Morgan fingerprint density at radius 2 is 2.12 bits per heavy atom. The Labute approximate surface area is 157 Å². The van der Waals surface area contributed by atoms with E-state index < -0.39 is 0 Å². The van der Waals surface area contributed by atoms with Gasteiger partial charge in [-0.2, -0.15) is 0 Å².